The van der Waals surface area contributed by atoms with E-state index in [1.54, 1.807) is 6.07 Å². The maximum Gasteiger partial charge on any atom is 0.361 e. The van der Waals surface area contributed by atoms with E-state index in [-0.39, 0.29) is 26.4 Å². The number of unbranched alkanes of at least 4 members (excludes halogenated alkanes) is 2. The van der Waals surface area contributed by atoms with Crippen molar-refractivity contribution in [2.24, 2.45) is 0 Å². The van der Waals surface area contributed by atoms with Crippen LogP contribution in [0.5, 0.6) is 0 Å². The van der Waals surface area contributed by atoms with Crippen LogP contribution in [0.2, 0.25) is 0 Å². The maximum atomic E-state index is 13.5. The summed E-state index contributed by atoms with van der Waals surface area (Å²) >= 11 is 0. The normalized spacial score (nSPS) is 11.0. The average molecular weight is 438 g/mol. The van der Waals surface area contributed by atoms with Gasteiger partial charge in [0, 0.05) is 12.2 Å². The highest BCUT2D eigenvalue weighted by molar-refractivity contribution is 7.62. The van der Waals surface area contributed by atoms with Crippen molar-refractivity contribution in [3.63, 3.8) is 0 Å². The van der Waals surface area contributed by atoms with E-state index in [0.29, 0.717) is 31.0 Å². The van der Waals surface area contributed by atoms with Gasteiger partial charge in [-0.3, -0.25) is 4.57 Å². The van der Waals surface area contributed by atoms with Crippen LogP contribution in [0.1, 0.15) is 36.8 Å². The molecule has 8 heteroatoms. The fourth-order valence-corrected chi connectivity index (χ4v) is 4.40. The first-order valence-electron chi connectivity index (χ1n) is 9.88. The van der Waals surface area contributed by atoms with E-state index in [1.165, 1.54) is 0 Å². The van der Waals surface area contributed by atoms with Crippen LogP contribution in [-0.2, 0) is 32.7 Å². The molecule has 0 atom stereocenters. The first-order valence-corrected chi connectivity index (χ1v) is 11.4. The molecule has 0 spiro atoms. The van der Waals surface area contributed by atoms with Crippen LogP contribution in [0.25, 0.3) is 0 Å². The number of benzene rings is 1. The van der Waals surface area contributed by atoms with Crippen molar-refractivity contribution in [3.8, 4) is 0 Å². The number of rotatable bonds is 15. The second-order valence-corrected chi connectivity index (χ2v) is 8.53. The highest BCUT2D eigenvalue weighted by atomic mass is 31.2. The summed E-state index contributed by atoms with van der Waals surface area (Å²) in [6.45, 7) is 11.4. The molecule has 0 unspecified atom stereocenters. The summed E-state index contributed by atoms with van der Waals surface area (Å²) in [5.41, 5.74) is 1.85. The largest absolute Gasteiger partial charge is 0.463 e. The van der Waals surface area contributed by atoms with E-state index in [2.05, 4.69) is 13.2 Å². The van der Waals surface area contributed by atoms with Crippen LogP contribution in [0.15, 0.2) is 43.5 Å². The Morgan fingerprint density at radius 3 is 1.80 bits per heavy atom. The summed E-state index contributed by atoms with van der Waals surface area (Å²) in [7, 11) is -3.53. The predicted molar refractivity (Wildman–Crippen MR) is 116 cm³/mol. The summed E-state index contributed by atoms with van der Waals surface area (Å²) in [5, 5.41) is 0.540. The third kappa shape index (κ3) is 9.08. The van der Waals surface area contributed by atoms with Gasteiger partial charge in [0.25, 0.3) is 0 Å². The Morgan fingerprint density at radius 1 is 0.867 bits per heavy atom. The summed E-state index contributed by atoms with van der Waals surface area (Å²) in [5.74, 6) is -0.946. The molecule has 0 aromatic heterocycles. The number of hydrogen-bond acceptors (Lipinski definition) is 7. The lowest BCUT2D eigenvalue weighted by molar-refractivity contribution is -0.138. The van der Waals surface area contributed by atoms with Crippen LogP contribution in [0.4, 0.5) is 0 Å². The van der Waals surface area contributed by atoms with Crippen molar-refractivity contribution in [1.82, 2.24) is 0 Å². The lowest BCUT2D eigenvalue weighted by Gasteiger charge is -2.21. The molecule has 0 aliphatic heterocycles. The number of ether oxygens (including phenoxy) is 2. The summed E-state index contributed by atoms with van der Waals surface area (Å²) in [6.07, 6.45) is 4.47. The SMILES string of the molecule is C=CC(=O)OCCCCOP(=O)(OCCCCOC(=O)C=C)c1cccc(C)c1C. The number of esters is 2. The van der Waals surface area contributed by atoms with Crippen molar-refractivity contribution < 1.29 is 32.7 Å². The molecule has 0 heterocycles. The van der Waals surface area contributed by atoms with Gasteiger partial charge < -0.3 is 18.5 Å². The Balaban J connectivity index is 2.62. The molecule has 0 fully saturated rings. The molecule has 0 N–H and O–H groups in total. The molecule has 0 aliphatic rings. The van der Waals surface area contributed by atoms with Gasteiger partial charge in [-0.15, -0.1) is 0 Å². The van der Waals surface area contributed by atoms with Crippen molar-refractivity contribution in [2.75, 3.05) is 26.4 Å². The molecule has 0 radical (unpaired) electrons. The maximum absolute atomic E-state index is 13.5. The van der Waals surface area contributed by atoms with Gasteiger partial charge in [-0.1, -0.05) is 25.3 Å². The van der Waals surface area contributed by atoms with Crippen LogP contribution in [-0.4, -0.2) is 38.4 Å². The van der Waals surface area contributed by atoms with Gasteiger partial charge in [-0.2, -0.15) is 0 Å². The molecule has 7 nitrogen and oxygen atoms in total. The Kier molecular flexibility index (Phi) is 12.0. The Morgan fingerprint density at radius 2 is 1.33 bits per heavy atom. The molecule has 1 rings (SSSR count). The summed E-state index contributed by atoms with van der Waals surface area (Å²) < 4.78 is 34.8. The Hall–Kier alpha value is -2.21. The van der Waals surface area contributed by atoms with E-state index in [1.807, 2.05) is 26.0 Å². The van der Waals surface area contributed by atoms with E-state index in [4.69, 9.17) is 18.5 Å². The van der Waals surface area contributed by atoms with Crippen molar-refractivity contribution in [1.29, 1.82) is 0 Å². The second-order valence-electron chi connectivity index (χ2n) is 6.54. The van der Waals surface area contributed by atoms with E-state index in [9.17, 15) is 14.2 Å². The van der Waals surface area contributed by atoms with Crippen LogP contribution in [0, 0.1) is 13.8 Å². The van der Waals surface area contributed by atoms with Crippen LogP contribution < -0.4 is 5.30 Å². The van der Waals surface area contributed by atoms with Gasteiger partial charge in [0.2, 0.25) is 0 Å². The van der Waals surface area contributed by atoms with E-state index in [0.717, 1.165) is 23.3 Å². The highest BCUT2D eigenvalue weighted by Gasteiger charge is 2.29. The molecule has 0 aliphatic carbocycles. The van der Waals surface area contributed by atoms with E-state index >= 15 is 0 Å². The zero-order valence-electron chi connectivity index (χ0n) is 17.8. The molecule has 0 amide bonds. The minimum atomic E-state index is -3.53. The van der Waals surface area contributed by atoms with Gasteiger partial charge in [0.1, 0.15) is 0 Å². The van der Waals surface area contributed by atoms with Crippen molar-refractivity contribution >= 4 is 24.8 Å². The Bertz CT molecular complexity index is 737. The molecule has 0 saturated carbocycles. The first-order chi connectivity index (χ1) is 14.3. The molecule has 1 aromatic carbocycles. The van der Waals surface area contributed by atoms with Gasteiger partial charge >= 0.3 is 19.5 Å². The lowest BCUT2D eigenvalue weighted by Crippen LogP contribution is -2.16. The zero-order chi connectivity index (χ0) is 22.4. The fourth-order valence-electron chi connectivity index (χ4n) is 2.45. The second kappa shape index (κ2) is 13.9. The predicted octanol–water partition coefficient (Wildman–Crippen LogP) is 4.17. The number of carbonyl (C=O) groups excluding carboxylic acids is 2. The van der Waals surface area contributed by atoms with Gasteiger partial charge in [-0.05, 0) is 56.7 Å². The van der Waals surface area contributed by atoms with Gasteiger partial charge in [-0.25, -0.2) is 9.59 Å². The number of hydrogen-bond donors (Lipinski definition) is 0. The average Bonchev–Trinajstić information content (AvgIpc) is 2.74. The van der Waals surface area contributed by atoms with Crippen molar-refractivity contribution in [3.05, 3.63) is 54.6 Å². The third-order valence-electron chi connectivity index (χ3n) is 4.29. The van der Waals surface area contributed by atoms with Gasteiger partial charge in [0.05, 0.1) is 31.7 Å². The summed E-state index contributed by atoms with van der Waals surface area (Å²) in [6, 6.07) is 5.51. The quantitative estimate of drug-likeness (QED) is 0.176. The summed E-state index contributed by atoms with van der Waals surface area (Å²) in [4.78, 5) is 22.1. The fraction of sp³-hybridized carbons (Fsp3) is 0.455. The van der Waals surface area contributed by atoms with E-state index < -0.39 is 19.5 Å². The monoisotopic (exact) mass is 438 g/mol. The topological polar surface area (TPSA) is 88.1 Å². The number of aryl methyl sites for hydroxylation is 1. The van der Waals surface area contributed by atoms with Crippen molar-refractivity contribution in [2.45, 2.75) is 39.5 Å². The highest BCUT2D eigenvalue weighted by Crippen LogP contribution is 2.48. The van der Waals surface area contributed by atoms with Crippen LogP contribution >= 0.6 is 7.60 Å². The smallest absolute Gasteiger partial charge is 0.361 e. The third-order valence-corrected chi connectivity index (χ3v) is 6.41. The molecule has 166 valence electrons. The molecule has 0 bridgehead atoms. The van der Waals surface area contributed by atoms with Gasteiger partial charge in [0.15, 0.2) is 0 Å². The minimum absolute atomic E-state index is 0.202. The van der Waals surface area contributed by atoms with Crippen LogP contribution in [0.3, 0.4) is 0 Å². The molecular weight excluding hydrogens is 407 g/mol. The molecule has 30 heavy (non-hydrogen) atoms. The first kappa shape index (κ1) is 25.8. The molecule has 0 saturated heterocycles. The number of carbonyl (C=O) groups is 2. The molecular formula is C22H31O7P. The Labute approximate surface area is 178 Å². The standard InChI is InChI=1S/C22H31O7P/c1-5-21(23)26-14-7-9-16-28-30(25,20-13-11-12-18(3)19(20)4)29-17-10-8-15-27-22(24)6-2/h5-6,11-13H,1-2,7-10,14-17H2,3-4H3. The minimum Gasteiger partial charge on any atom is -0.463 e. The zero-order valence-corrected chi connectivity index (χ0v) is 18.7. The lowest BCUT2D eigenvalue weighted by atomic mass is 10.1. The molecule has 1 aromatic rings.